The van der Waals surface area contributed by atoms with Crippen molar-refractivity contribution in [2.24, 2.45) is 0 Å². The maximum Gasteiger partial charge on any atom is 0.143 e. The van der Waals surface area contributed by atoms with Gasteiger partial charge in [0.15, 0.2) is 0 Å². The van der Waals surface area contributed by atoms with Gasteiger partial charge in [-0.2, -0.15) is 0 Å². The molecule has 0 saturated heterocycles. The average Bonchev–Trinajstić information content (AvgIpc) is 4.13. The summed E-state index contributed by atoms with van der Waals surface area (Å²) in [5, 5.41) is 11.2. The van der Waals surface area contributed by atoms with Crippen LogP contribution in [-0.2, 0) is 10.8 Å². The van der Waals surface area contributed by atoms with Crippen LogP contribution in [0.5, 0.6) is 0 Å². The zero-order valence-corrected chi connectivity index (χ0v) is 41.8. The molecule has 2 aromatic heterocycles. The number of fused-ring (bicyclic) bond motifs is 21. The molecule has 2 nitrogen and oxygen atoms in total. The predicted octanol–water partition coefficient (Wildman–Crippen LogP) is 15.0. The van der Waals surface area contributed by atoms with Gasteiger partial charge in [-0.25, -0.2) is 0 Å². The summed E-state index contributed by atoms with van der Waals surface area (Å²) < 4.78 is 14.1. The molecule has 68 heavy (non-hydrogen) atoms. The van der Waals surface area contributed by atoms with E-state index in [9.17, 15) is 0 Å². The quantitative estimate of drug-likeness (QED) is 0.162. The lowest BCUT2D eigenvalue weighted by Gasteiger charge is -2.28. The van der Waals surface area contributed by atoms with Crippen molar-refractivity contribution in [2.75, 3.05) is 0 Å². The van der Waals surface area contributed by atoms with Gasteiger partial charge in [0.25, 0.3) is 0 Å². The number of para-hydroxylation sites is 2. The van der Waals surface area contributed by atoms with Crippen LogP contribution in [0, 0.1) is 0 Å². The summed E-state index contributed by atoms with van der Waals surface area (Å²) in [6, 6.07) is 59.9. The molecule has 2 aliphatic heterocycles. The topological polar surface area (TPSA) is 26.3 Å². The van der Waals surface area contributed by atoms with Gasteiger partial charge in [-0.3, -0.25) is 0 Å². The maximum atomic E-state index is 7.07. The third-order valence-corrected chi connectivity index (χ3v) is 24.7. The molecule has 0 atom stereocenters. The van der Waals surface area contributed by atoms with Crippen LogP contribution in [0.25, 0.3) is 111 Å². The number of hydrogen-bond donors (Lipinski definition) is 0. The minimum absolute atomic E-state index is 0.0537. The molecule has 2 aliphatic carbocycles. The summed E-state index contributed by atoms with van der Waals surface area (Å²) in [5.74, 6) is 0. The lowest BCUT2D eigenvalue weighted by Crippen LogP contribution is -2.63. The number of hydrogen-bond acceptors (Lipinski definition) is 2. The van der Waals surface area contributed by atoms with Crippen LogP contribution in [0.15, 0.2) is 167 Å². The van der Waals surface area contributed by atoms with Crippen molar-refractivity contribution in [3.05, 3.63) is 180 Å². The van der Waals surface area contributed by atoms with Crippen molar-refractivity contribution < 1.29 is 8.83 Å². The number of furan rings is 2. The van der Waals surface area contributed by atoms with E-state index in [0.29, 0.717) is 0 Å². The zero-order chi connectivity index (χ0) is 46.0. The molecule has 0 N–H and O–H groups in total. The monoisotopic (exact) mass is 906 g/mol. The Balaban J connectivity index is 0.976. The molecule has 326 valence electrons. The first kappa shape index (κ1) is 39.1. The standard InChI is InChI=1S/C64H50O2Si2/c1-63(2)47-21-13-9-17-37(47)45-31-35(25-29-49(45)63)43-33-53-55(57-39-19-11-15-23-51(39)65-59(43)57)41-27-28-42-56-54(68(7,8)62(42)61(41)67(53,5)6)34-44(60-58(56)40-20-12-16-24-52(40)66-60)36-26-30-50-46(32-36)38-18-10-14-22-48(38)64(50,3)4/h9-34H,1-8H3. The van der Waals surface area contributed by atoms with E-state index in [2.05, 4.69) is 212 Å². The highest BCUT2D eigenvalue weighted by Gasteiger charge is 2.50. The predicted molar refractivity (Wildman–Crippen MR) is 291 cm³/mol. The molecule has 0 saturated carbocycles. The number of benzene rings is 9. The lowest BCUT2D eigenvalue weighted by molar-refractivity contribution is 0.660. The first-order chi connectivity index (χ1) is 32.8. The maximum absolute atomic E-state index is 7.07. The molecule has 0 spiro atoms. The zero-order valence-electron chi connectivity index (χ0n) is 39.8. The normalized spacial score (nSPS) is 16.7. The van der Waals surface area contributed by atoms with Gasteiger partial charge < -0.3 is 8.83 Å². The van der Waals surface area contributed by atoms with E-state index in [4.69, 9.17) is 8.83 Å². The molecule has 15 rings (SSSR count). The third kappa shape index (κ3) is 4.59. The van der Waals surface area contributed by atoms with E-state index >= 15 is 0 Å². The van der Waals surface area contributed by atoms with Gasteiger partial charge in [0, 0.05) is 43.5 Å². The molecule has 0 unspecified atom stereocenters. The fraction of sp³-hybridized carbons (Fsp3) is 0.156. The van der Waals surface area contributed by atoms with Crippen LogP contribution >= 0.6 is 0 Å². The molecule has 11 aromatic rings. The Labute approximate surface area is 398 Å². The SMILES string of the molecule is CC1(C)c2ccccc2-c2cc(-c3cc4c(c5c3oc3ccccc35)-c3ccc5c(c3[Si]4(C)C)[Si](C)(C)c3cc(-c4ccc6c(c4)-c4ccccc4C6(C)C)c4oc6ccccc6c4c3-5)ccc21. The molecule has 4 aliphatic rings. The highest BCUT2D eigenvalue weighted by molar-refractivity contribution is 7.13. The Morgan fingerprint density at radius 1 is 0.353 bits per heavy atom. The van der Waals surface area contributed by atoms with Crippen molar-refractivity contribution in [3.8, 4) is 66.8 Å². The summed E-state index contributed by atoms with van der Waals surface area (Å²) in [4.78, 5) is 0. The second kappa shape index (κ2) is 12.6. The minimum Gasteiger partial charge on any atom is -0.455 e. The van der Waals surface area contributed by atoms with Gasteiger partial charge in [-0.15, -0.1) is 0 Å². The smallest absolute Gasteiger partial charge is 0.143 e. The molecule has 4 heterocycles. The largest absolute Gasteiger partial charge is 0.455 e. The van der Waals surface area contributed by atoms with E-state index in [-0.39, 0.29) is 10.8 Å². The third-order valence-electron chi connectivity index (χ3n) is 17.4. The van der Waals surface area contributed by atoms with E-state index in [1.165, 1.54) is 121 Å². The van der Waals surface area contributed by atoms with E-state index < -0.39 is 16.1 Å². The Morgan fingerprint density at radius 2 is 0.735 bits per heavy atom. The molecular formula is C64H50O2Si2. The Bertz CT molecular complexity index is 3880. The van der Waals surface area contributed by atoms with Crippen LogP contribution in [0.1, 0.15) is 49.9 Å². The van der Waals surface area contributed by atoms with Crippen molar-refractivity contribution >= 4 is 80.8 Å². The second-order valence-electron chi connectivity index (χ2n) is 22.3. The molecule has 0 bridgehead atoms. The van der Waals surface area contributed by atoms with E-state index in [0.717, 1.165) is 22.3 Å². The number of rotatable bonds is 2. The van der Waals surface area contributed by atoms with Crippen LogP contribution in [0.3, 0.4) is 0 Å². The van der Waals surface area contributed by atoms with Crippen LogP contribution in [0.4, 0.5) is 0 Å². The summed E-state index contributed by atoms with van der Waals surface area (Å²) in [7, 11) is -4.76. The first-order valence-corrected chi connectivity index (χ1v) is 30.4. The molecule has 0 radical (unpaired) electrons. The van der Waals surface area contributed by atoms with Crippen LogP contribution in [0.2, 0.25) is 26.2 Å². The highest BCUT2D eigenvalue weighted by atomic mass is 28.3. The fourth-order valence-corrected chi connectivity index (χ4v) is 22.6. The van der Waals surface area contributed by atoms with Gasteiger partial charge >= 0.3 is 0 Å². The Morgan fingerprint density at radius 3 is 1.18 bits per heavy atom. The molecule has 9 aromatic carbocycles. The lowest BCUT2D eigenvalue weighted by atomic mass is 9.82. The molecule has 4 heteroatoms. The first-order valence-electron chi connectivity index (χ1n) is 24.4. The van der Waals surface area contributed by atoms with E-state index in [1.54, 1.807) is 10.4 Å². The van der Waals surface area contributed by atoms with Crippen molar-refractivity contribution in [1.29, 1.82) is 0 Å². The van der Waals surface area contributed by atoms with Crippen LogP contribution < -0.4 is 20.7 Å². The van der Waals surface area contributed by atoms with Crippen molar-refractivity contribution in [1.82, 2.24) is 0 Å². The highest BCUT2D eigenvalue weighted by Crippen LogP contribution is 2.54. The molecule has 0 amide bonds. The van der Waals surface area contributed by atoms with E-state index in [1.807, 2.05) is 0 Å². The van der Waals surface area contributed by atoms with Gasteiger partial charge in [0.1, 0.15) is 38.5 Å². The van der Waals surface area contributed by atoms with Gasteiger partial charge in [0.05, 0.1) is 0 Å². The minimum atomic E-state index is -2.38. The molecular weight excluding hydrogens is 857 g/mol. The van der Waals surface area contributed by atoms with Crippen LogP contribution in [-0.4, -0.2) is 16.1 Å². The average molecular weight is 907 g/mol. The van der Waals surface area contributed by atoms with Gasteiger partial charge in [0.2, 0.25) is 0 Å². The summed E-state index contributed by atoms with van der Waals surface area (Å²) in [5.41, 5.74) is 25.1. The van der Waals surface area contributed by atoms with Gasteiger partial charge in [-0.1, -0.05) is 187 Å². The Kier molecular flexibility index (Phi) is 7.21. The van der Waals surface area contributed by atoms with Gasteiger partial charge in [-0.05, 0) is 123 Å². The summed E-state index contributed by atoms with van der Waals surface area (Å²) in [6.07, 6.45) is 0. The van der Waals surface area contributed by atoms with Crippen molar-refractivity contribution in [2.45, 2.75) is 64.7 Å². The fourth-order valence-electron chi connectivity index (χ4n) is 14.1. The second-order valence-corrected chi connectivity index (χ2v) is 30.9. The summed E-state index contributed by atoms with van der Waals surface area (Å²) in [6.45, 7) is 20.0. The Hall–Kier alpha value is -6.99. The van der Waals surface area contributed by atoms with Crippen molar-refractivity contribution in [3.63, 3.8) is 0 Å². The molecule has 0 fully saturated rings. The summed E-state index contributed by atoms with van der Waals surface area (Å²) >= 11 is 0.